The summed E-state index contributed by atoms with van der Waals surface area (Å²) in [6.45, 7) is 5.38. The lowest BCUT2D eigenvalue weighted by Gasteiger charge is -2.25. The number of nitrogens with zero attached hydrogens (tertiary/aromatic N) is 1. The number of amides is 1. The molecule has 1 N–H and O–H groups in total. The van der Waals surface area contributed by atoms with E-state index in [2.05, 4.69) is 5.32 Å². The van der Waals surface area contributed by atoms with Gasteiger partial charge in [-0.2, -0.15) is 0 Å². The molecule has 0 heterocycles. The van der Waals surface area contributed by atoms with Crippen LogP contribution in [-0.4, -0.2) is 39.8 Å². The molecule has 8 heteroatoms. The highest BCUT2D eigenvalue weighted by atomic mass is 35.5. The van der Waals surface area contributed by atoms with Gasteiger partial charge < -0.3 is 10.1 Å². The van der Waals surface area contributed by atoms with Gasteiger partial charge in [-0.3, -0.25) is 9.10 Å². The number of carbonyl (C=O) groups is 1. The maximum atomic E-state index is 12.5. The van der Waals surface area contributed by atoms with Gasteiger partial charge in [0.1, 0.15) is 18.9 Å². The van der Waals surface area contributed by atoms with Gasteiger partial charge >= 0.3 is 0 Å². The van der Waals surface area contributed by atoms with Crippen molar-refractivity contribution in [2.75, 3.05) is 23.7 Å². The molecule has 1 amide bonds. The van der Waals surface area contributed by atoms with Crippen LogP contribution in [-0.2, 0) is 14.8 Å². The summed E-state index contributed by atoms with van der Waals surface area (Å²) in [6.07, 6.45) is 1.06. The second-order valence-corrected chi connectivity index (χ2v) is 9.01. The van der Waals surface area contributed by atoms with Crippen LogP contribution in [0.25, 0.3) is 0 Å². The largest absolute Gasteiger partial charge is 0.491 e. The molecule has 2 aromatic carbocycles. The van der Waals surface area contributed by atoms with Gasteiger partial charge in [-0.15, -0.1) is 0 Å². The van der Waals surface area contributed by atoms with E-state index >= 15 is 0 Å². The van der Waals surface area contributed by atoms with E-state index in [4.69, 9.17) is 16.3 Å². The van der Waals surface area contributed by atoms with Crippen molar-refractivity contribution in [2.45, 2.75) is 26.8 Å². The van der Waals surface area contributed by atoms with E-state index in [-0.39, 0.29) is 19.2 Å². The Morgan fingerprint density at radius 3 is 2.50 bits per heavy atom. The number of anilines is 1. The highest BCUT2D eigenvalue weighted by Gasteiger charge is 2.23. The Hall–Kier alpha value is -2.25. The second-order valence-electron chi connectivity index (χ2n) is 6.70. The highest BCUT2D eigenvalue weighted by Crippen LogP contribution is 2.28. The number of nitrogens with one attached hydrogen (secondary N) is 1. The monoisotopic (exact) mass is 424 g/mol. The van der Waals surface area contributed by atoms with E-state index < -0.39 is 15.9 Å². The number of para-hydroxylation sites is 1. The third kappa shape index (κ3) is 5.87. The Balaban J connectivity index is 2.04. The summed E-state index contributed by atoms with van der Waals surface area (Å²) in [6, 6.07) is 12.3. The van der Waals surface area contributed by atoms with Crippen molar-refractivity contribution in [3.63, 3.8) is 0 Å². The maximum absolute atomic E-state index is 12.5. The number of hydrogen-bond donors (Lipinski definition) is 1. The summed E-state index contributed by atoms with van der Waals surface area (Å²) in [5.74, 6) is 0.321. The molecule has 0 spiro atoms. The zero-order valence-corrected chi connectivity index (χ0v) is 18.0. The molecule has 0 radical (unpaired) electrons. The normalized spacial score (nSPS) is 12.3. The van der Waals surface area contributed by atoms with Crippen molar-refractivity contribution < 1.29 is 17.9 Å². The van der Waals surface area contributed by atoms with Crippen molar-refractivity contribution in [1.82, 2.24) is 5.32 Å². The average molecular weight is 425 g/mol. The molecule has 0 saturated heterocycles. The molecular formula is C20H25ClN2O4S. The SMILES string of the molecule is Cc1ccccc1OC[C@@H](C)NC(=O)CN(c1cccc(Cl)c1C)S(C)(=O)=O. The van der Waals surface area contributed by atoms with Crippen LogP contribution in [0, 0.1) is 13.8 Å². The smallest absolute Gasteiger partial charge is 0.241 e. The van der Waals surface area contributed by atoms with Crippen molar-refractivity contribution in [2.24, 2.45) is 0 Å². The summed E-state index contributed by atoms with van der Waals surface area (Å²) in [5.41, 5.74) is 1.98. The lowest BCUT2D eigenvalue weighted by atomic mass is 10.2. The van der Waals surface area contributed by atoms with Crippen LogP contribution in [0.1, 0.15) is 18.1 Å². The number of hydrogen-bond acceptors (Lipinski definition) is 4. The molecule has 0 aliphatic carbocycles. The molecule has 0 bridgehead atoms. The first kappa shape index (κ1) is 22.0. The van der Waals surface area contributed by atoms with Gasteiger partial charge in [-0.1, -0.05) is 35.9 Å². The molecular weight excluding hydrogens is 400 g/mol. The van der Waals surface area contributed by atoms with Crippen LogP contribution < -0.4 is 14.4 Å². The first-order valence-electron chi connectivity index (χ1n) is 8.80. The Kier molecular flexibility index (Phi) is 7.32. The molecule has 0 aliphatic heterocycles. The van der Waals surface area contributed by atoms with E-state index in [0.29, 0.717) is 16.3 Å². The Morgan fingerprint density at radius 1 is 1.18 bits per heavy atom. The number of carbonyl (C=O) groups excluding carboxylic acids is 1. The molecule has 6 nitrogen and oxygen atoms in total. The number of rotatable bonds is 8. The van der Waals surface area contributed by atoms with Crippen molar-refractivity contribution >= 4 is 33.2 Å². The Morgan fingerprint density at radius 2 is 1.86 bits per heavy atom. The molecule has 0 fully saturated rings. The molecule has 0 saturated carbocycles. The third-order valence-electron chi connectivity index (χ3n) is 4.19. The van der Waals surface area contributed by atoms with Crippen molar-refractivity contribution in [1.29, 1.82) is 0 Å². The summed E-state index contributed by atoms with van der Waals surface area (Å²) in [7, 11) is -3.67. The van der Waals surface area contributed by atoms with Crippen LogP contribution in [0.2, 0.25) is 5.02 Å². The third-order valence-corrected chi connectivity index (χ3v) is 5.72. The molecule has 28 heavy (non-hydrogen) atoms. The minimum atomic E-state index is -3.67. The first-order chi connectivity index (χ1) is 13.1. The molecule has 2 rings (SSSR count). The predicted molar refractivity (Wildman–Crippen MR) is 113 cm³/mol. The van der Waals surface area contributed by atoms with E-state index in [1.165, 1.54) is 0 Å². The fraction of sp³-hybridized carbons (Fsp3) is 0.350. The quantitative estimate of drug-likeness (QED) is 0.705. The van der Waals surface area contributed by atoms with Gasteiger partial charge in [0.2, 0.25) is 15.9 Å². The first-order valence-corrected chi connectivity index (χ1v) is 11.0. The zero-order chi connectivity index (χ0) is 20.9. The van der Waals surface area contributed by atoms with Crippen molar-refractivity contribution in [3.8, 4) is 5.75 Å². The fourth-order valence-corrected chi connectivity index (χ4v) is 3.75. The summed E-state index contributed by atoms with van der Waals surface area (Å²) < 4.78 is 31.3. The van der Waals surface area contributed by atoms with Gasteiger partial charge in [0, 0.05) is 5.02 Å². The van der Waals surface area contributed by atoms with E-state index in [0.717, 1.165) is 21.9 Å². The summed E-state index contributed by atoms with van der Waals surface area (Å²) in [4.78, 5) is 12.5. The van der Waals surface area contributed by atoms with E-state index in [1.54, 1.807) is 32.0 Å². The van der Waals surface area contributed by atoms with Crippen LogP contribution in [0.3, 0.4) is 0 Å². The van der Waals surface area contributed by atoms with Gasteiger partial charge in [0.05, 0.1) is 18.0 Å². The molecule has 0 aliphatic rings. The topological polar surface area (TPSA) is 75.7 Å². The molecule has 152 valence electrons. The van der Waals surface area contributed by atoms with E-state index in [9.17, 15) is 13.2 Å². The minimum absolute atomic E-state index is 0.270. The number of sulfonamides is 1. The summed E-state index contributed by atoms with van der Waals surface area (Å²) >= 11 is 6.10. The van der Waals surface area contributed by atoms with Gasteiger partial charge in [-0.25, -0.2) is 8.42 Å². The molecule has 1 atom stereocenters. The predicted octanol–water partition coefficient (Wildman–Crippen LogP) is 3.31. The fourth-order valence-electron chi connectivity index (χ4n) is 2.67. The Bertz CT molecular complexity index is 947. The number of benzene rings is 2. The number of ether oxygens (including phenoxy) is 1. The van der Waals surface area contributed by atoms with Gasteiger partial charge in [-0.05, 0) is 50.1 Å². The van der Waals surface area contributed by atoms with E-state index in [1.807, 2.05) is 31.2 Å². The summed E-state index contributed by atoms with van der Waals surface area (Å²) in [5, 5.41) is 3.21. The maximum Gasteiger partial charge on any atom is 0.241 e. The number of halogens is 1. The van der Waals surface area contributed by atoms with Crippen LogP contribution in [0.15, 0.2) is 42.5 Å². The second kappa shape index (κ2) is 9.30. The molecule has 0 unspecified atom stereocenters. The van der Waals surface area contributed by atoms with Gasteiger partial charge in [0.15, 0.2) is 0 Å². The van der Waals surface area contributed by atoms with Crippen molar-refractivity contribution in [3.05, 3.63) is 58.6 Å². The Labute approximate surface area is 171 Å². The van der Waals surface area contributed by atoms with Crippen LogP contribution in [0.5, 0.6) is 5.75 Å². The average Bonchev–Trinajstić information content (AvgIpc) is 2.61. The zero-order valence-electron chi connectivity index (χ0n) is 16.4. The standard InChI is InChI=1S/C20H25ClN2O4S/c1-14-8-5-6-11-19(14)27-13-15(2)22-20(24)12-23(28(4,25)26)18-10-7-9-17(21)16(18)3/h5-11,15H,12-13H2,1-4H3,(H,22,24)/t15-/m1/s1. The lowest BCUT2D eigenvalue weighted by Crippen LogP contribution is -2.45. The molecule has 0 aromatic heterocycles. The lowest BCUT2D eigenvalue weighted by molar-refractivity contribution is -0.120. The highest BCUT2D eigenvalue weighted by molar-refractivity contribution is 7.92. The molecule has 2 aromatic rings. The number of aryl methyl sites for hydroxylation is 1. The van der Waals surface area contributed by atoms with Gasteiger partial charge in [0.25, 0.3) is 0 Å². The minimum Gasteiger partial charge on any atom is -0.491 e. The van der Waals surface area contributed by atoms with Crippen LogP contribution in [0.4, 0.5) is 5.69 Å². The van der Waals surface area contributed by atoms with Crippen LogP contribution >= 0.6 is 11.6 Å².